The molecular weight excluding hydrogens is 478 g/mol. The first-order valence-corrected chi connectivity index (χ1v) is 12.5. The SMILES string of the molecule is CC(C)(C)c1ccc(-n2nc(CCC(=O)c3cc(O)ccc3C[C@H](N)C(N)=O)cc2-c2cccnc2)cc1. The molecule has 0 radical (unpaired) electrons. The number of amides is 1. The van der Waals surface area contributed by atoms with E-state index >= 15 is 0 Å². The van der Waals surface area contributed by atoms with E-state index in [9.17, 15) is 14.7 Å². The zero-order chi connectivity index (χ0) is 27.4. The largest absolute Gasteiger partial charge is 0.508 e. The second-order valence-electron chi connectivity index (χ2n) is 10.4. The monoisotopic (exact) mass is 511 g/mol. The number of hydrogen-bond acceptors (Lipinski definition) is 6. The lowest BCUT2D eigenvalue weighted by Crippen LogP contribution is -2.38. The summed E-state index contributed by atoms with van der Waals surface area (Å²) in [4.78, 5) is 28.9. The van der Waals surface area contributed by atoms with Crippen LogP contribution < -0.4 is 11.5 Å². The fourth-order valence-electron chi connectivity index (χ4n) is 4.29. The van der Waals surface area contributed by atoms with Crippen LogP contribution in [0.15, 0.2) is 73.1 Å². The summed E-state index contributed by atoms with van der Waals surface area (Å²) >= 11 is 0. The molecule has 0 bridgehead atoms. The predicted octanol–water partition coefficient (Wildman–Crippen LogP) is 4.11. The van der Waals surface area contributed by atoms with E-state index in [-0.39, 0.29) is 29.8 Å². The van der Waals surface area contributed by atoms with Gasteiger partial charge in [0, 0.05) is 29.9 Å². The third-order valence-electron chi connectivity index (χ3n) is 6.50. The van der Waals surface area contributed by atoms with Crippen molar-refractivity contribution in [1.29, 1.82) is 0 Å². The third-order valence-corrected chi connectivity index (χ3v) is 6.50. The Bertz CT molecular complexity index is 1440. The summed E-state index contributed by atoms with van der Waals surface area (Å²) in [7, 11) is 0. The Labute approximate surface area is 222 Å². The summed E-state index contributed by atoms with van der Waals surface area (Å²) in [6.07, 6.45) is 4.16. The molecule has 4 rings (SSSR count). The van der Waals surface area contributed by atoms with Gasteiger partial charge in [-0.1, -0.05) is 39.0 Å². The lowest BCUT2D eigenvalue weighted by atomic mass is 9.87. The minimum Gasteiger partial charge on any atom is -0.508 e. The van der Waals surface area contributed by atoms with Crippen LogP contribution in [0, 0.1) is 0 Å². The van der Waals surface area contributed by atoms with Gasteiger partial charge in [0.1, 0.15) is 5.75 Å². The number of carbonyl (C=O) groups is 2. The molecule has 0 aliphatic carbocycles. The fourth-order valence-corrected chi connectivity index (χ4v) is 4.29. The van der Waals surface area contributed by atoms with Crippen LogP contribution in [-0.2, 0) is 23.1 Å². The zero-order valence-corrected chi connectivity index (χ0v) is 21.9. The number of rotatable bonds is 9. The number of Topliss-reactive ketones (excluding diaryl/α,β-unsaturated/α-hetero) is 1. The minimum atomic E-state index is -0.923. The molecule has 38 heavy (non-hydrogen) atoms. The molecule has 8 nitrogen and oxygen atoms in total. The van der Waals surface area contributed by atoms with E-state index in [1.54, 1.807) is 18.5 Å². The molecule has 2 heterocycles. The van der Waals surface area contributed by atoms with Crippen LogP contribution in [0.5, 0.6) is 5.75 Å². The van der Waals surface area contributed by atoms with Gasteiger partial charge in [0.15, 0.2) is 5.78 Å². The van der Waals surface area contributed by atoms with Gasteiger partial charge in [-0.2, -0.15) is 5.10 Å². The van der Waals surface area contributed by atoms with Crippen molar-refractivity contribution in [2.45, 2.75) is 51.5 Å². The second kappa shape index (κ2) is 11.0. The number of primary amides is 1. The van der Waals surface area contributed by atoms with Gasteiger partial charge in [-0.15, -0.1) is 0 Å². The van der Waals surface area contributed by atoms with E-state index in [2.05, 4.69) is 37.9 Å². The summed E-state index contributed by atoms with van der Waals surface area (Å²) < 4.78 is 1.87. The number of carbonyl (C=O) groups excluding carboxylic acids is 2. The average Bonchev–Trinajstić information content (AvgIpc) is 3.32. The highest BCUT2D eigenvalue weighted by Gasteiger charge is 2.19. The molecule has 1 amide bonds. The first-order valence-electron chi connectivity index (χ1n) is 12.5. The highest BCUT2D eigenvalue weighted by atomic mass is 16.3. The highest BCUT2D eigenvalue weighted by molar-refractivity contribution is 5.98. The van der Waals surface area contributed by atoms with Crippen molar-refractivity contribution in [2.75, 3.05) is 0 Å². The molecule has 1 atom stereocenters. The number of hydrogen-bond donors (Lipinski definition) is 3. The number of aryl methyl sites for hydroxylation is 1. The van der Waals surface area contributed by atoms with Gasteiger partial charge in [0.25, 0.3) is 0 Å². The molecular formula is C30H33N5O3. The minimum absolute atomic E-state index is 0.0342. The van der Waals surface area contributed by atoms with Gasteiger partial charge in [0.05, 0.1) is 23.1 Å². The van der Waals surface area contributed by atoms with Gasteiger partial charge >= 0.3 is 0 Å². The predicted molar refractivity (Wildman–Crippen MR) is 147 cm³/mol. The van der Waals surface area contributed by atoms with Crippen LogP contribution in [-0.4, -0.2) is 37.6 Å². The molecule has 2 aromatic heterocycles. The zero-order valence-electron chi connectivity index (χ0n) is 21.9. The molecule has 0 saturated carbocycles. The number of pyridine rings is 1. The number of aromatic nitrogens is 3. The first-order chi connectivity index (χ1) is 18.0. The van der Waals surface area contributed by atoms with Gasteiger partial charge < -0.3 is 16.6 Å². The first kappa shape index (κ1) is 26.8. The Morgan fingerprint density at radius 2 is 1.79 bits per heavy atom. The average molecular weight is 512 g/mol. The summed E-state index contributed by atoms with van der Waals surface area (Å²) in [6.45, 7) is 6.52. The van der Waals surface area contributed by atoms with E-state index < -0.39 is 11.9 Å². The van der Waals surface area contributed by atoms with E-state index in [1.807, 2.05) is 35.0 Å². The van der Waals surface area contributed by atoms with Crippen molar-refractivity contribution in [1.82, 2.24) is 14.8 Å². The van der Waals surface area contributed by atoms with Crippen LogP contribution >= 0.6 is 0 Å². The maximum atomic E-state index is 13.2. The van der Waals surface area contributed by atoms with E-state index in [4.69, 9.17) is 16.6 Å². The molecule has 2 aromatic carbocycles. The Kier molecular flexibility index (Phi) is 7.73. The Balaban J connectivity index is 1.61. The number of phenols is 1. The number of benzene rings is 2. The standard InChI is InChI=1S/C30H33N5O3/c1-30(2,3)21-7-10-23(11-8-21)35-27(20-5-4-14-33-18-20)16-22(34-35)9-13-28(37)25-17-24(36)12-6-19(25)15-26(31)29(32)38/h4-8,10-12,14,16-18,26,36H,9,13,15,31H2,1-3H3,(H2,32,38)/t26-/m0/s1. The molecule has 8 heteroatoms. The quantitative estimate of drug-likeness (QED) is 0.289. The summed E-state index contributed by atoms with van der Waals surface area (Å²) in [6, 6.07) is 17.7. The van der Waals surface area contributed by atoms with E-state index in [0.717, 1.165) is 22.6 Å². The third kappa shape index (κ3) is 6.15. The highest BCUT2D eigenvalue weighted by Crippen LogP contribution is 2.28. The van der Waals surface area contributed by atoms with Gasteiger partial charge in [-0.3, -0.25) is 14.6 Å². The van der Waals surface area contributed by atoms with Crippen LogP contribution in [0.3, 0.4) is 0 Å². The van der Waals surface area contributed by atoms with Gasteiger partial charge in [-0.05, 0) is 71.8 Å². The number of phenolic OH excluding ortho intramolecular Hbond substituents is 1. The van der Waals surface area contributed by atoms with Crippen LogP contribution in [0.25, 0.3) is 16.9 Å². The number of ketones is 1. The van der Waals surface area contributed by atoms with Crippen molar-refractivity contribution in [2.24, 2.45) is 11.5 Å². The maximum Gasteiger partial charge on any atom is 0.234 e. The molecule has 0 saturated heterocycles. The van der Waals surface area contributed by atoms with Crippen molar-refractivity contribution in [3.8, 4) is 22.7 Å². The lowest BCUT2D eigenvalue weighted by Gasteiger charge is -2.19. The number of nitrogens with two attached hydrogens (primary N) is 2. The normalized spacial score (nSPS) is 12.3. The van der Waals surface area contributed by atoms with Crippen LogP contribution in [0.4, 0.5) is 0 Å². The molecule has 196 valence electrons. The van der Waals surface area contributed by atoms with Gasteiger partial charge in [0.2, 0.25) is 5.91 Å². The molecule has 0 unspecified atom stereocenters. The van der Waals surface area contributed by atoms with E-state index in [1.165, 1.54) is 17.7 Å². The smallest absolute Gasteiger partial charge is 0.234 e. The summed E-state index contributed by atoms with van der Waals surface area (Å²) in [5, 5.41) is 14.8. The van der Waals surface area contributed by atoms with Crippen molar-refractivity contribution in [3.63, 3.8) is 0 Å². The Morgan fingerprint density at radius 1 is 1.05 bits per heavy atom. The van der Waals surface area contributed by atoms with Crippen molar-refractivity contribution < 1.29 is 14.7 Å². The second-order valence-corrected chi connectivity index (χ2v) is 10.4. The van der Waals surface area contributed by atoms with Gasteiger partial charge in [-0.25, -0.2) is 4.68 Å². The Hall–Kier alpha value is -4.30. The summed E-state index contributed by atoms with van der Waals surface area (Å²) in [5.74, 6) is -0.869. The lowest BCUT2D eigenvalue weighted by molar-refractivity contribution is -0.119. The fraction of sp³-hybridized carbons (Fsp3) is 0.267. The molecule has 4 aromatic rings. The molecule has 5 N–H and O–H groups in total. The maximum absolute atomic E-state index is 13.2. The molecule has 0 aliphatic heterocycles. The van der Waals surface area contributed by atoms with Crippen LogP contribution in [0.1, 0.15) is 54.4 Å². The van der Waals surface area contributed by atoms with Crippen molar-refractivity contribution >= 4 is 11.7 Å². The molecule has 0 spiro atoms. The topological polar surface area (TPSA) is 137 Å². The Morgan fingerprint density at radius 3 is 2.42 bits per heavy atom. The molecule has 0 aliphatic rings. The van der Waals surface area contributed by atoms with Crippen molar-refractivity contribution in [3.05, 3.63) is 95.4 Å². The summed E-state index contributed by atoms with van der Waals surface area (Å²) in [5.41, 5.74) is 16.7. The molecule has 0 fully saturated rings. The van der Waals surface area contributed by atoms with Crippen LogP contribution in [0.2, 0.25) is 0 Å². The van der Waals surface area contributed by atoms with E-state index in [0.29, 0.717) is 17.5 Å². The number of nitrogens with zero attached hydrogens (tertiary/aromatic N) is 3. The number of aromatic hydroxyl groups is 1.